The second-order valence-corrected chi connectivity index (χ2v) is 5.44. The maximum atomic E-state index is 11.7. The van der Waals surface area contributed by atoms with E-state index in [0.29, 0.717) is 58.5 Å². The summed E-state index contributed by atoms with van der Waals surface area (Å²) < 4.78 is 25.7. The van der Waals surface area contributed by atoms with Crippen LogP contribution in [0.5, 0.6) is 0 Å². The fraction of sp³-hybridized carbons (Fsp3) is 0.867. The van der Waals surface area contributed by atoms with Crippen LogP contribution in [-0.2, 0) is 28.5 Å². The number of rotatable bonds is 6. The van der Waals surface area contributed by atoms with E-state index in [0.717, 1.165) is 0 Å². The average molecular weight is 316 g/mol. The molecule has 2 fully saturated rings. The molecule has 0 N–H and O–H groups in total. The van der Waals surface area contributed by atoms with E-state index < -0.39 is 6.16 Å². The largest absolute Gasteiger partial charge is 0.508 e. The van der Waals surface area contributed by atoms with E-state index in [9.17, 15) is 9.59 Å². The van der Waals surface area contributed by atoms with Gasteiger partial charge in [-0.1, -0.05) is 0 Å². The molecule has 0 aliphatic carbocycles. The lowest BCUT2D eigenvalue weighted by molar-refractivity contribution is -0.151. The minimum Gasteiger partial charge on any atom is -0.465 e. The molecule has 7 nitrogen and oxygen atoms in total. The SMILES string of the molecule is O=C(OCCCOC(=O)C1CCOCC1)OC1CCOCC1. The Morgan fingerprint density at radius 2 is 1.45 bits per heavy atom. The molecule has 0 aromatic carbocycles. The highest BCUT2D eigenvalue weighted by atomic mass is 16.7. The number of hydrogen-bond acceptors (Lipinski definition) is 7. The van der Waals surface area contributed by atoms with Crippen molar-refractivity contribution in [2.45, 2.75) is 38.2 Å². The van der Waals surface area contributed by atoms with Crippen molar-refractivity contribution in [1.82, 2.24) is 0 Å². The first kappa shape index (κ1) is 17.0. The number of carbonyl (C=O) groups is 2. The standard InChI is InChI=1S/C15H24O7/c16-14(12-2-8-18-9-3-12)20-6-1-7-21-15(17)22-13-4-10-19-11-5-13/h12-13H,1-11H2. The lowest BCUT2D eigenvalue weighted by atomic mass is 10.0. The van der Waals surface area contributed by atoms with Gasteiger partial charge in [0.15, 0.2) is 0 Å². The van der Waals surface area contributed by atoms with Gasteiger partial charge in [-0.25, -0.2) is 4.79 Å². The monoisotopic (exact) mass is 316 g/mol. The zero-order valence-electron chi connectivity index (χ0n) is 12.8. The normalized spacial score (nSPS) is 20.4. The highest BCUT2D eigenvalue weighted by molar-refractivity contribution is 5.72. The Labute approximate surface area is 130 Å². The Morgan fingerprint density at radius 3 is 2.14 bits per heavy atom. The van der Waals surface area contributed by atoms with Crippen LogP contribution < -0.4 is 0 Å². The number of hydrogen-bond donors (Lipinski definition) is 0. The molecule has 0 bridgehead atoms. The number of ether oxygens (including phenoxy) is 5. The average Bonchev–Trinajstić information content (AvgIpc) is 2.56. The second-order valence-electron chi connectivity index (χ2n) is 5.44. The van der Waals surface area contributed by atoms with Crippen LogP contribution in [0.3, 0.4) is 0 Å². The van der Waals surface area contributed by atoms with Gasteiger partial charge in [0, 0.05) is 32.5 Å². The molecule has 2 aliphatic rings. The first-order valence-electron chi connectivity index (χ1n) is 7.91. The molecule has 0 amide bonds. The van der Waals surface area contributed by atoms with Gasteiger partial charge in [0.25, 0.3) is 0 Å². The van der Waals surface area contributed by atoms with Crippen LogP contribution in [-0.4, -0.2) is 57.9 Å². The van der Waals surface area contributed by atoms with Crippen LogP contribution >= 0.6 is 0 Å². The molecule has 0 atom stereocenters. The summed E-state index contributed by atoms with van der Waals surface area (Å²) in [6.45, 7) is 2.88. The summed E-state index contributed by atoms with van der Waals surface area (Å²) in [4.78, 5) is 23.2. The van der Waals surface area contributed by atoms with E-state index in [1.54, 1.807) is 0 Å². The molecule has 0 unspecified atom stereocenters. The van der Waals surface area contributed by atoms with Gasteiger partial charge >= 0.3 is 12.1 Å². The van der Waals surface area contributed by atoms with Crippen LogP contribution in [0.15, 0.2) is 0 Å². The maximum Gasteiger partial charge on any atom is 0.508 e. The number of esters is 1. The Balaban J connectivity index is 1.47. The minimum absolute atomic E-state index is 0.0619. The summed E-state index contributed by atoms with van der Waals surface area (Å²) in [7, 11) is 0. The molecule has 126 valence electrons. The molecule has 2 heterocycles. The van der Waals surface area contributed by atoms with Crippen LogP contribution in [0.1, 0.15) is 32.1 Å². The zero-order valence-corrected chi connectivity index (χ0v) is 12.8. The lowest BCUT2D eigenvalue weighted by Gasteiger charge is -2.21. The van der Waals surface area contributed by atoms with E-state index in [4.69, 9.17) is 23.7 Å². The van der Waals surface area contributed by atoms with Crippen LogP contribution in [0.25, 0.3) is 0 Å². The van der Waals surface area contributed by atoms with E-state index in [2.05, 4.69) is 0 Å². The van der Waals surface area contributed by atoms with Gasteiger partial charge in [0.2, 0.25) is 0 Å². The molecule has 0 saturated carbocycles. The maximum absolute atomic E-state index is 11.7. The number of carbonyl (C=O) groups excluding carboxylic acids is 2. The van der Waals surface area contributed by atoms with Gasteiger partial charge in [0.05, 0.1) is 32.3 Å². The molecular weight excluding hydrogens is 292 g/mol. The summed E-state index contributed by atoms with van der Waals surface area (Å²) in [5.74, 6) is -0.249. The van der Waals surface area contributed by atoms with Crippen LogP contribution in [0.4, 0.5) is 4.79 Å². The minimum atomic E-state index is -0.664. The second kappa shape index (κ2) is 9.63. The molecule has 7 heteroatoms. The molecule has 0 spiro atoms. The van der Waals surface area contributed by atoms with E-state index in [-0.39, 0.29) is 31.2 Å². The van der Waals surface area contributed by atoms with Crippen molar-refractivity contribution in [3.63, 3.8) is 0 Å². The smallest absolute Gasteiger partial charge is 0.465 e. The zero-order chi connectivity index (χ0) is 15.6. The quantitative estimate of drug-likeness (QED) is 0.545. The first-order valence-corrected chi connectivity index (χ1v) is 7.91. The van der Waals surface area contributed by atoms with Gasteiger partial charge in [-0.3, -0.25) is 4.79 Å². The Morgan fingerprint density at radius 1 is 0.864 bits per heavy atom. The molecule has 2 saturated heterocycles. The van der Waals surface area contributed by atoms with Gasteiger partial charge < -0.3 is 23.7 Å². The van der Waals surface area contributed by atoms with Gasteiger partial charge in [-0.15, -0.1) is 0 Å². The van der Waals surface area contributed by atoms with Crippen molar-refractivity contribution in [3.8, 4) is 0 Å². The summed E-state index contributed by atoms with van der Waals surface area (Å²) in [5.41, 5.74) is 0. The predicted molar refractivity (Wildman–Crippen MR) is 75.4 cm³/mol. The summed E-state index contributed by atoms with van der Waals surface area (Å²) in [6.07, 6.45) is 2.53. The summed E-state index contributed by atoms with van der Waals surface area (Å²) in [5, 5.41) is 0. The molecule has 2 aliphatic heterocycles. The topological polar surface area (TPSA) is 80.3 Å². The van der Waals surface area contributed by atoms with Crippen molar-refractivity contribution in [3.05, 3.63) is 0 Å². The predicted octanol–water partition coefficient (Wildman–Crippen LogP) is 1.68. The third kappa shape index (κ3) is 6.19. The highest BCUT2D eigenvalue weighted by Crippen LogP contribution is 2.16. The summed E-state index contributed by atoms with van der Waals surface area (Å²) in [6, 6.07) is 0. The molecular formula is C15H24O7. The Kier molecular flexibility index (Phi) is 7.45. The van der Waals surface area contributed by atoms with Crippen LogP contribution in [0.2, 0.25) is 0 Å². The molecule has 0 aromatic rings. The van der Waals surface area contributed by atoms with Crippen molar-refractivity contribution in [2.24, 2.45) is 5.92 Å². The lowest BCUT2D eigenvalue weighted by Crippen LogP contribution is -2.27. The summed E-state index contributed by atoms with van der Waals surface area (Å²) >= 11 is 0. The van der Waals surface area contributed by atoms with E-state index >= 15 is 0 Å². The van der Waals surface area contributed by atoms with Gasteiger partial charge in [0.1, 0.15) is 6.10 Å². The van der Waals surface area contributed by atoms with Crippen LogP contribution in [0, 0.1) is 5.92 Å². The third-order valence-corrected chi connectivity index (χ3v) is 3.74. The highest BCUT2D eigenvalue weighted by Gasteiger charge is 2.23. The molecule has 0 radical (unpaired) electrons. The molecule has 2 rings (SSSR count). The molecule has 0 aromatic heterocycles. The fourth-order valence-electron chi connectivity index (χ4n) is 2.40. The molecule has 22 heavy (non-hydrogen) atoms. The van der Waals surface area contributed by atoms with Crippen molar-refractivity contribution < 1.29 is 33.3 Å². The Hall–Kier alpha value is -1.34. The van der Waals surface area contributed by atoms with Crippen molar-refractivity contribution in [2.75, 3.05) is 39.6 Å². The third-order valence-electron chi connectivity index (χ3n) is 3.74. The van der Waals surface area contributed by atoms with E-state index in [1.807, 2.05) is 0 Å². The van der Waals surface area contributed by atoms with Gasteiger partial charge in [-0.05, 0) is 12.8 Å². The Bertz CT molecular complexity index is 346. The van der Waals surface area contributed by atoms with E-state index in [1.165, 1.54) is 0 Å². The van der Waals surface area contributed by atoms with Gasteiger partial charge in [-0.2, -0.15) is 0 Å². The first-order chi connectivity index (χ1) is 10.8. The fourth-order valence-corrected chi connectivity index (χ4v) is 2.40. The van der Waals surface area contributed by atoms with Crippen molar-refractivity contribution in [1.29, 1.82) is 0 Å². The van der Waals surface area contributed by atoms with Crippen molar-refractivity contribution >= 4 is 12.1 Å².